The quantitative estimate of drug-likeness (QED) is 0.476. The van der Waals surface area contributed by atoms with E-state index < -0.39 is 4.92 Å². The van der Waals surface area contributed by atoms with Crippen LogP contribution < -0.4 is 16.0 Å². The van der Waals surface area contributed by atoms with Gasteiger partial charge in [0.2, 0.25) is 5.88 Å². The van der Waals surface area contributed by atoms with Gasteiger partial charge in [0.05, 0.1) is 10.5 Å². The smallest absolute Gasteiger partial charge is 0.269 e. The van der Waals surface area contributed by atoms with Gasteiger partial charge in [0.1, 0.15) is 17.9 Å². The predicted molar refractivity (Wildman–Crippen MR) is 77.0 cm³/mol. The summed E-state index contributed by atoms with van der Waals surface area (Å²) in [6, 6.07) is 5.78. The van der Waals surface area contributed by atoms with E-state index in [1.54, 1.807) is 0 Å². The molecular weight excluding hydrogens is 274 g/mol. The Bertz CT molecular complexity index is 630. The summed E-state index contributed by atoms with van der Waals surface area (Å²) in [6.07, 6.45) is 2.91. The minimum Gasteiger partial charge on any atom is -0.439 e. The highest BCUT2D eigenvalue weighted by molar-refractivity contribution is 5.49. The van der Waals surface area contributed by atoms with Crippen LogP contribution in [0.1, 0.15) is 18.9 Å². The number of nitro benzene ring substituents is 1. The van der Waals surface area contributed by atoms with Gasteiger partial charge in [-0.15, -0.1) is 0 Å². The highest BCUT2D eigenvalue weighted by atomic mass is 16.6. The summed E-state index contributed by atoms with van der Waals surface area (Å²) in [7, 11) is 0. The third-order valence-corrected chi connectivity index (χ3v) is 2.80. The van der Waals surface area contributed by atoms with Gasteiger partial charge < -0.3 is 10.2 Å². The molecule has 8 nitrogen and oxygen atoms in total. The van der Waals surface area contributed by atoms with Crippen molar-refractivity contribution in [2.75, 3.05) is 5.43 Å². The molecule has 0 aliphatic heterocycles. The number of nitrogen functional groups attached to an aromatic ring is 1. The average Bonchev–Trinajstić information content (AvgIpc) is 2.49. The molecule has 2 rings (SSSR count). The van der Waals surface area contributed by atoms with Crippen molar-refractivity contribution in [3.05, 3.63) is 46.3 Å². The van der Waals surface area contributed by atoms with Crippen LogP contribution in [0, 0.1) is 10.1 Å². The summed E-state index contributed by atoms with van der Waals surface area (Å²) in [6.45, 7) is 2.02. The zero-order valence-electron chi connectivity index (χ0n) is 11.4. The van der Waals surface area contributed by atoms with Gasteiger partial charge in [0.15, 0.2) is 0 Å². The molecule has 1 aromatic heterocycles. The van der Waals surface area contributed by atoms with E-state index in [2.05, 4.69) is 15.4 Å². The number of benzene rings is 1. The molecule has 0 spiro atoms. The molecule has 1 aromatic carbocycles. The van der Waals surface area contributed by atoms with Gasteiger partial charge in [0, 0.05) is 12.1 Å². The Morgan fingerprint density at radius 1 is 1.33 bits per heavy atom. The van der Waals surface area contributed by atoms with Crippen molar-refractivity contribution in [1.29, 1.82) is 0 Å². The Hall–Kier alpha value is -2.74. The molecule has 8 heteroatoms. The number of aromatic nitrogens is 2. The lowest BCUT2D eigenvalue weighted by atomic mass is 10.2. The van der Waals surface area contributed by atoms with Gasteiger partial charge in [-0.25, -0.2) is 15.8 Å². The Morgan fingerprint density at radius 2 is 2.05 bits per heavy atom. The van der Waals surface area contributed by atoms with E-state index in [9.17, 15) is 10.1 Å². The predicted octanol–water partition coefficient (Wildman–Crippen LogP) is 2.42. The van der Waals surface area contributed by atoms with Crippen molar-refractivity contribution in [3.8, 4) is 11.6 Å². The number of hydrogen-bond acceptors (Lipinski definition) is 7. The molecule has 0 saturated carbocycles. The fourth-order valence-corrected chi connectivity index (χ4v) is 1.83. The van der Waals surface area contributed by atoms with Crippen LogP contribution in [0.15, 0.2) is 30.6 Å². The summed E-state index contributed by atoms with van der Waals surface area (Å²) >= 11 is 0. The molecule has 1 heterocycles. The average molecular weight is 289 g/mol. The molecule has 110 valence electrons. The van der Waals surface area contributed by atoms with E-state index in [-0.39, 0.29) is 5.69 Å². The number of nitro groups is 1. The third-order valence-electron chi connectivity index (χ3n) is 2.80. The largest absolute Gasteiger partial charge is 0.439 e. The molecule has 0 fully saturated rings. The van der Waals surface area contributed by atoms with Crippen LogP contribution >= 0.6 is 0 Å². The Morgan fingerprint density at radius 3 is 2.62 bits per heavy atom. The van der Waals surface area contributed by atoms with Crippen LogP contribution in [-0.2, 0) is 6.42 Å². The number of hydrogen-bond donors (Lipinski definition) is 2. The molecule has 0 aliphatic rings. The third kappa shape index (κ3) is 3.42. The lowest BCUT2D eigenvalue weighted by molar-refractivity contribution is -0.384. The van der Waals surface area contributed by atoms with E-state index >= 15 is 0 Å². The summed E-state index contributed by atoms with van der Waals surface area (Å²) in [4.78, 5) is 18.3. The summed E-state index contributed by atoms with van der Waals surface area (Å²) in [5, 5.41) is 10.6. The Kier molecular flexibility index (Phi) is 4.62. The number of hydrazine groups is 1. The molecule has 0 unspecified atom stereocenters. The second kappa shape index (κ2) is 6.62. The lowest BCUT2D eigenvalue weighted by Crippen LogP contribution is -2.12. The zero-order valence-corrected chi connectivity index (χ0v) is 11.4. The zero-order chi connectivity index (χ0) is 15.2. The molecular formula is C13H15N5O3. The van der Waals surface area contributed by atoms with Gasteiger partial charge in [-0.1, -0.05) is 13.3 Å². The first kappa shape index (κ1) is 14.7. The maximum atomic E-state index is 10.6. The molecule has 0 bridgehead atoms. The van der Waals surface area contributed by atoms with Crippen LogP contribution in [0.5, 0.6) is 11.6 Å². The number of nitrogens with two attached hydrogens (primary N) is 1. The number of ether oxygens (including phenoxy) is 1. The molecule has 21 heavy (non-hydrogen) atoms. The van der Waals surface area contributed by atoms with E-state index in [1.807, 2.05) is 6.92 Å². The van der Waals surface area contributed by atoms with Crippen LogP contribution in [-0.4, -0.2) is 14.9 Å². The fraction of sp³-hybridized carbons (Fsp3) is 0.231. The molecule has 0 radical (unpaired) electrons. The SMILES string of the molecule is CCCc1c(NN)ncnc1Oc1ccc([N+](=O)[O-])cc1. The first-order chi connectivity index (χ1) is 10.2. The van der Waals surface area contributed by atoms with Crippen molar-refractivity contribution in [2.24, 2.45) is 5.84 Å². The maximum Gasteiger partial charge on any atom is 0.269 e. The first-order valence-corrected chi connectivity index (χ1v) is 6.38. The Labute approximate surface area is 121 Å². The maximum absolute atomic E-state index is 10.6. The second-order valence-electron chi connectivity index (χ2n) is 4.25. The van der Waals surface area contributed by atoms with Crippen molar-refractivity contribution in [3.63, 3.8) is 0 Å². The molecule has 2 aromatic rings. The van der Waals surface area contributed by atoms with E-state index in [0.29, 0.717) is 23.9 Å². The second-order valence-corrected chi connectivity index (χ2v) is 4.25. The van der Waals surface area contributed by atoms with E-state index in [0.717, 1.165) is 12.0 Å². The number of anilines is 1. The molecule has 0 amide bonds. The summed E-state index contributed by atoms with van der Waals surface area (Å²) < 4.78 is 5.67. The van der Waals surface area contributed by atoms with Crippen LogP contribution in [0.2, 0.25) is 0 Å². The van der Waals surface area contributed by atoms with E-state index in [1.165, 1.54) is 30.6 Å². The molecule has 3 N–H and O–H groups in total. The lowest BCUT2D eigenvalue weighted by Gasteiger charge is -2.12. The first-order valence-electron chi connectivity index (χ1n) is 6.38. The fourth-order valence-electron chi connectivity index (χ4n) is 1.83. The molecule has 0 aliphatic carbocycles. The van der Waals surface area contributed by atoms with Gasteiger partial charge in [-0.3, -0.25) is 10.1 Å². The minimum atomic E-state index is -0.465. The van der Waals surface area contributed by atoms with Crippen molar-refractivity contribution >= 4 is 11.5 Å². The van der Waals surface area contributed by atoms with Gasteiger partial charge >= 0.3 is 0 Å². The number of rotatable bonds is 6. The Balaban J connectivity index is 2.28. The van der Waals surface area contributed by atoms with Crippen molar-refractivity contribution in [2.45, 2.75) is 19.8 Å². The van der Waals surface area contributed by atoms with Gasteiger partial charge in [-0.05, 0) is 18.6 Å². The van der Waals surface area contributed by atoms with Gasteiger partial charge in [-0.2, -0.15) is 0 Å². The molecule has 0 saturated heterocycles. The molecule has 0 atom stereocenters. The van der Waals surface area contributed by atoms with Crippen LogP contribution in [0.3, 0.4) is 0 Å². The van der Waals surface area contributed by atoms with E-state index in [4.69, 9.17) is 10.6 Å². The summed E-state index contributed by atoms with van der Waals surface area (Å²) in [5.74, 6) is 6.77. The normalized spacial score (nSPS) is 10.2. The van der Waals surface area contributed by atoms with Crippen LogP contribution in [0.25, 0.3) is 0 Å². The summed E-state index contributed by atoms with van der Waals surface area (Å²) in [5.41, 5.74) is 3.28. The van der Waals surface area contributed by atoms with Crippen molar-refractivity contribution < 1.29 is 9.66 Å². The highest BCUT2D eigenvalue weighted by Crippen LogP contribution is 2.28. The number of nitrogens with one attached hydrogen (secondary N) is 1. The highest BCUT2D eigenvalue weighted by Gasteiger charge is 2.13. The number of non-ortho nitro benzene ring substituents is 1. The topological polar surface area (TPSA) is 116 Å². The van der Waals surface area contributed by atoms with Crippen molar-refractivity contribution in [1.82, 2.24) is 9.97 Å². The minimum absolute atomic E-state index is 0.00290. The van der Waals surface area contributed by atoms with Gasteiger partial charge in [0.25, 0.3) is 5.69 Å². The standard InChI is InChI=1S/C13H15N5O3/c1-2-3-11-12(17-14)15-8-16-13(11)21-10-6-4-9(5-7-10)18(19)20/h4-8H,2-3,14H2,1H3,(H,15,16,17). The monoisotopic (exact) mass is 289 g/mol. The van der Waals surface area contributed by atoms with Crippen LogP contribution in [0.4, 0.5) is 11.5 Å². The number of nitrogens with zero attached hydrogens (tertiary/aromatic N) is 3.